The van der Waals surface area contributed by atoms with Crippen molar-refractivity contribution in [2.24, 2.45) is 0 Å². The number of ether oxygens (including phenoxy) is 1. The fourth-order valence-corrected chi connectivity index (χ4v) is 2.42. The number of anilines is 1. The monoisotopic (exact) mass is 340 g/mol. The quantitative estimate of drug-likeness (QED) is 0.792. The maximum Gasteiger partial charge on any atom is 0.337 e. The van der Waals surface area contributed by atoms with Crippen molar-refractivity contribution in [2.75, 3.05) is 12.4 Å². The summed E-state index contributed by atoms with van der Waals surface area (Å²) in [6.45, 7) is 1.41. The number of nitrogens with one attached hydrogen (secondary N) is 2. The highest BCUT2D eigenvalue weighted by atomic mass is 16.5. The van der Waals surface area contributed by atoms with Gasteiger partial charge in [0, 0.05) is 12.6 Å². The van der Waals surface area contributed by atoms with Gasteiger partial charge in [-0.15, -0.1) is 0 Å². The van der Waals surface area contributed by atoms with Crippen LogP contribution in [0, 0.1) is 0 Å². The highest BCUT2D eigenvalue weighted by molar-refractivity contribution is 5.95. The van der Waals surface area contributed by atoms with E-state index in [1.54, 1.807) is 24.3 Å². The van der Waals surface area contributed by atoms with Gasteiger partial charge in [0.15, 0.2) is 0 Å². The third-order valence-corrected chi connectivity index (χ3v) is 3.54. The van der Waals surface area contributed by atoms with E-state index in [2.05, 4.69) is 15.4 Å². The van der Waals surface area contributed by atoms with Gasteiger partial charge in [0.25, 0.3) is 0 Å². The van der Waals surface area contributed by atoms with Crippen LogP contribution in [0.5, 0.6) is 0 Å². The van der Waals surface area contributed by atoms with Gasteiger partial charge in [-0.1, -0.05) is 36.4 Å². The molecule has 0 fully saturated rings. The van der Waals surface area contributed by atoms with Crippen LogP contribution < -0.4 is 10.6 Å². The zero-order valence-corrected chi connectivity index (χ0v) is 14.1. The largest absolute Gasteiger partial charge is 0.465 e. The maximum absolute atomic E-state index is 12.3. The summed E-state index contributed by atoms with van der Waals surface area (Å²) in [4.78, 5) is 35.3. The molecule has 0 saturated heterocycles. The van der Waals surface area contributed by atoms with Crippen molar-refractivity contribution in [1.29, 1.82) is 0 Å². The average Bonchev–Trinajstić information content (AvgIpc) is 2.61. The summed E-state index contributed by atoms with van der Waals surface area (Å²) in [6, 6.07) is 15.3. The molecule has 2 rings (SSSR count). The summed E-state index contributed by atoms with van der Waals surface area (Å²) in [5, 5.41) is 5.51. The molecule has 0 bridgehead atoms. The second-order valence-electron chi connectivity index (χ2n) is 5.49. The number of esters is 1. The van der Waals surface area contributed by atoms with Crippen LogP contribution in [0.4, 0.5) is 5.69 Å². The number of hydrogen-bond donors (Lipinski definition) is 2. The Morgan fingerprint density at radius 1 is 1.04 bits per heavy atom. The third-order valence-electron chi connectivity index (χ3n) is 3.54. The van der Waals surface area contributed by atoms with E-state index in [1.165, 1.54) is 14.0 Å². The number of rotatable bonds is 6. The molecule has 0 aliphatic carbocycles. The molecule has 0 aliphatic heterocycles. The van der Waals surface area contributed by atoms with Crippen molar-refractivity contribution in [2.45, 2.75) is 19.4 Å². The molecule has 25 heavy (non-hydrogen) atoms. The molecular weight excluding hydrogens is 320 g/mol. The summed E-state index contributed by atoms with van der Waals surface area (Å²) < 4.78 is 4.66. The molecule has 2 N–H and O–H groups in total. The molecule has 0 spiro atoms. The fraction of sp³-hybridized carbons (Fsp3) is 0.211. The Balaban J connectivity index is 2.09. The number of hydrogen-bond acceptors (Lipinski definition) is 4. The van der Waals surface area contributed by atoms with Crippen LogP contribution in [0.1, 0.15) is 35.3 Å². The summed E-state index contributed by atoms with van der Waals surface area (Å²) in [5.74, 6) is -0.963. The molecule has 2 aromatic rings. The topological polar surface area (TPSA) is 84.5 Å². The van der Waals surface area contributed by atoms with Crippen LogP contribution in [0.2, 0.25) is 0 Å². The van der Waals surface area contributed by atoms with Crippen LogP contribution in [0.3, 0.4) is 0 Å². The molecule has 130 valence electrons. The van der Waals surface area contributed by atoms with E-state index in [0.717, 1.165) is 5.56 Å². The Labute approximate surface area is 146 Å². The number of methoxy groups -OCH3 is 1. The SMILES string of the molecule is COC(=O)c1cccc(NC(=O)CC(NC(C)=O)c2ccccc2)c1. The first kappa shape index (κ1) is 18.2. The zero-order valence-electron chi connectivity index (χ0n) is 14.1. The Bertz CT molecular complexity index is 759. The smallest absolute Gasteiger partial charge is 0.337 e. The maximum atomic E-state index is 12.3. The summed E-state index contributed by atoms with van der Waals surface area (Å²) >= 11 is 0. The van der Waals surface area contributed by atoms with Crippen LogP contribution in [0.25, 0.3) is 0 Å². The lowest BCUT2D eigenvalue weighted by atomic mass is 10.0. The van der Waals surface area contributed by atoms with Gasteiger partial charge in [0.1, 0.15) is 0 Å². The predicted molar refractivity (Wildman–Crippen MR) is 94.0 cm³/mol. The molecule has 2 amide bonds. The first-order valence-corrected chi connectivity index (χ1v) is 7.80. The van der Waals surface area contributed by atoms with Gasteiger partial charge in [-0.05, 0) is 23.8 Å². The van der Waals surface area contributed by atoms with E-state index in [-0.39, 0.29) is 18.2 Å². The van der Waals surface area contributed by atoms with Crippen LogP contribution >= 0.6 is 0 Å². The molecular formula is C19H20N2O4. The number of benzene rings is 2. The highest BCUT2D eigenvalue weighted by Crippen LogP contribution is 2.18. The highest BCUT2D eigenvalue weighted by Gasteiger charge is 2.17. The van der Waals surface area contributed by atoms with Crippen molar-refractivity contribution >= 4 is 23.5 Å². The van der Waals surface area contributed by atoms with Crippen molar-refractivity contribution in [3.63, 3.8) is 0 Å². The van der Waals surface area contributed by atoms with E-state index < -0.39 is 12.0 Å². The van der Waals surface area contributed by atoms with Crippen molar-refractivity contribution in [3.8, 4) is 0 Å². The number of carbonyl (C=O) groups excluding carboxylic acids is 3. The van der Waals surface area contributed by atoms with Gasteiger partial charge in [-0.2, -0.15) is 0 Å². The molecule has 1 unspecified atom stereocenters. The lowest BCUT2D eigenvalue weighted by Crippen LogP contribution is -2.29. The van der Waals surface area contributed by atoms with Gasteiger partial charge in [-0.25, -0.2) is 4.79 Å². The van der Waals surface area contributed by atoms with Gasteiger partial charge >= 0.3 is 5.97 Å². The Morgan fingerprint density at radius 3 is 2.40 bits per heavy atom. The Kier molecular flexibility index (Phi) is 6.28. The van der Waals surface area contributed by atoms with Crippen molar-refractivity contribution in [1.82, 2.24) is 5.32 Å². The summed E-state index contributed by atoms with van der Waals surface area (Å²) in [5.41, 5.74) is 1.68. The van der Waals surface area contributed by atoms with Gasteiger partial charge in [0.05, 0.1) is 25.1 Å². The number of amides is 2. The molecule has 0 aliphatic rings. The first-order valence-electron chi connectivity index (χ1n) is 7.80. The lowest BCUT2D eigenvalue weighted by molar-refractivity contribution is -0.120. The van der Waals surface area contributed by atoms with E-state index in [4.69, 9.17) is 0 Å². The first-order chi connectivity index (χ1) is 12.0. The van der Waals surface area contributed by atoms with Crippen molar-refractivity contribution in [3.05, 3.63) is 65.7 Å². The van der Waals surface area contributed by atoms with Crippen LogP contribution in [-0.2, 0) is 14.3 Å². The zero-order chi connectivity index (χ0) is 18.2. The van der Waals surface area contributed by atoms with E-state index in [1.807, 2.05) is 30.3 Å². The Hall–Kier alpha value is -3.15. The molecule has 6 nitrogen and oxygen atoms in total. The van der Waals surface area contributed by atoms with Crippen molar-refractivity contribution < 1.29 is 19.1 Å². The molecule has 1 atom stereocenters. The Morgan fingerprint density at radius 2 is 1.76 bits per heavy atom. The summed E-state index contributed by atoms with van der Waals surface area (Å²) in [7, 11) is 1.30. The average molecular weight is 340 g/mol. The molecule has 0 radical (unpaired) electrons. The van der Waals surface area contributed by atoms with Gasteiger partial charge in [-0.3, -0.25) is 9.59 Å². The predicted octanol–water partition coefficient (Wildman–Crippen LogP) is 2.68. The third kappa shape index (κ3) is 5.46. The lowest BCUT2D eigenvalue weighted by Gasteiger charge is -2.18. The van der Waals surface area contributed by atoms with Crippen LogP contribution in [-0.4, -0.2) is 24.9 Å². The minimum atomic E-state index is -0.475. The van der Waals surface area contributed by atoms with E-state index in [9.17, 15) is 14.4 Å². The molecule has 2 aromatic carbocycles. The molecule has 0 saturated carbocycles. The molecule has 0 aromatic heterocycles. The normalized spacial score (nSPS) is 11.3. The molecule has 6 heteroatoms. The van der Waals surface area contributed by atoms with Gasteiger partial charge in [0.2, 0.25) is 11.8 Å². The summed E-state index contributed by atoms with van der Waals surface area (Å²) in [6.07, 6.45) is 0.0754. The molecule has 0 heterocycles. The van der Waals surface area contributed by atoms with Gasteiger partial charge < -0.3 is 15.4 Å². The van der Waals surface area contributed by atoms with E-state index in [0.29, 0.717) is 11.3 Å². The van der Waals surface area contributed by atoms with Crippen LogP contribution in [0.15, 0.2) is 54.6 Å². The fourth-order valence-electron chi connectivity index (χ4n) is 2.42. The van der Waals surface area contributed by atoms with E-state index >= 15 is 0 Å². The standard InChI is InChI=1S/C19H20N2O4/c1-13(22)20-17(14-7-4-3-5-8-14)12-18(23)21-16-10-6-9-15(11-16)19(24)25-2/h3-11,17H,12H2,1-2H3,(H,20,22)(H,21,23). The minimum Gasteiger partial charge on any atom is -0.465 e. The second-order valence-corrected chi connectivity index (χ2v) is 5.49. The second kappa shape index (κ2) is 8.63. The minimum absolute atomic E-state index is 0.0754. The number of carbonyl (C=O) groups is 3.